The van der Waals surface area contributed by atoms with E-state index in [9.17, 15) is 18.0 Å². The molecule has 0 fully saturated rings. The van der Waals surface area contributed by atoms with Crippen LogP contribution >= 0.6 is 0 Å². The molecule has 7 nitrogen and oxygen atoms in total. The molecule has 1 aliphatic rings. The summed E-state index contributed by atoms with van der Waals surface area (Å²) in [6.45, 7) is 3.92. The van der Waals surface area contributed by atoms with Gasteiger partial charge in [-0.1, -0.05) is 0 Å². The lowest BCUT2D eigenvalue weighted by Crippen LogP contribution is -2.43. The molecule has 0 aromatic heterocycles. The maximum Gasteiger partial charge on any atom is 0.303 e. The SMILES string of the molecule is CC(C)(CCC(=O)O)NC(=O)c1ccc2c(c1)CCN2S(C)(=O)=O. The van der Waals surface area contributed by atoms with Crippen molar-refractivity contribution < 1.29 is 23.1 Å². The fourth-order valence-electron chi connectivity index (χ4n) is 2.72. The molecule has 0 aliphatic carbocycles. The molecule has 0 unspecified atom stereocenters. The molecule has 0 atom stereocenters. The summed E-state index contributed by atoms with van der Waals surface area (Å²) in [5.74, 6) is -1.21. The molecule has 0 spiro atoms. The van der Waals surface area contributed by atoms with Gasteiger partial charge in [0, 0.05) is 24.1 Å². The van der Waals surface area contributed by atoms with E-state index in [0.717, 1.165) is 11.8 Å². The number of sulfonamides is 1. The Morgan fingerprint density at radius 1 is 1.33 bits per heavy atom. The number of benzene rings is 1. The van der Waals surface area contributed by atoms with Crippen LogP contribution in [-0.2, 0) is 21.2 Å². The van der Waals surface area contributed by atoms with Crippen LogP contribution in [0.1, 0.15) is 42.6 Å². The molecule has 1 aliphatic heterocycles. The molecule has 0 saturated carbocycles. The number of anilines is 1. The van der Waals surface area contributed by atoms with Gasteiger partial charge in [-0.15, -0.1) is 0 Å². The summed E-state index contributed by atoms with van der Waals surface area (Å²) in [7, 11) is -3.32. The zero-order chi connectivity index (χ0) is 18.1. The molecule has 24 heavy (non-hydrogen) atoms. The van der Waals surface area contributed by atoms with Gasteiger partial charge < -0.3 is 10.4 Å². The van der Waals surface area contributed by atoms with Gasteiger partial charge in [0.15, 0.2) is 0 Å². The van der Waals surface area contributed by atoms with Crippen LogP contribution in [0.3, 0.4) is 0 Å². The van der Waals surface area contributed by atoms with Crippen molar-refractivity contribution in [1.82, 2.24) is 5.32 Å². The van der Waals surface area contributed by atoms with E-state index in [1.807, 2.05) is 0 Å². The Balaban J connectivity index is 2.14. The Bertz CT molecular complexity index is 771. The number of carboxylic acid groups (broad SMARTS) is 1. The van der Waals surface area contributed by atoms with Gasteiger partial charge in [-0.05, 0) is 50.5 Å². The minimum atomic E-state index is -3.32. The number of fused-ring (bicyclic) bond motifs is 1. The van der Waals surface area contributed by atoms with Crippen LogP contribution < -0.4 is 9.62 Å². The highest BCUT2D eigenvalue weighted by Crippen LogP contribution is 2.30. The largest absolute Gasteiger partial charge is 0.481 e. The standard InChI is InChI=1S/C16H22N2O5S/c1-16(2,8-6-14(19)20)17-15(21)12-4-5-13-11(10-12)7-9-18(13)24(3,22)23/h4-5,10H,6-9H2,1-3H3,(H,17,21)(H,19,20). The third-order valence-corrected chi connectivity index (χ3v) is 5.19. The van der Waals surface area contributed by atoms with Gasteiger partial charge in [0.2, 0.25) is 10.0 Å². The predicted octanol–water partition coefficient (Wildman–Crippen LogP) is 1.38. The number of hydrogen-bond donors (Lipinski definition) is 2. The molecule has 2 N–H and O–H groups in total. The summed E-state index contributed by atoms with van der Waals surface area (Å²) in [5.41, 5.74) is 1.22. The first kappa shape index (κ1) is 18.3. The average molecular weight is 354 g/mol. The Kier molecular flexibility index (Phi) is 4.89. The average Bonchev–Trinajstić information content (AvgIpc) is 2.87. The zero-order valence-corrected chi connectivity index (χ0v) is 14.8. The maximum atomic E-state index is 12.4. The van der Waals surface area contributed by atoms with Crippen molar-refractivity contribution in [2.45, 2.75) is 38.6 Å². The van der Waals surface area contributed by atoms with Gasteiger partial charge in [-0.25, -0.2) is 8.42 Å². The molecular formula is C16H22N2O5S. The number of hydrogen-bond acceptors (Lipinski definition) is 4. The quantitative estimate of drug-likeness (QED) is 0.803. The molecule has 1 heterocycles. The molecule has 1 amide bonds. The van der Waals surface area contributed by atoms with Crippen molar-refractivity contribution in [2.75, 3.05) is 17.1 Å². The molecule has 1 aromatic rings. The van der Waals surface area contributed by atoms with Crippen LogP contribution in [0.25, 0.3) is 0 Å². The van der Waals surface area contributed by atoms with E-state index >= 15 is 0 Å². The number of carbonyl (C=O) groups is 2. The molecular weight excluding hydrogens is 332 g/mol. The van der Waals surface area contributed by atoms with E-state index < -0.39 is 21.5 Å². The molecule has 8 heteroatoms. The number of nitrogens with one attached hydrogen (secondary N) is 1. The highest BCUT2D eigenvalue weighted by molar-refractivity contribution is 7.92. The van der Waals surface area contributed by atoms with Crippen molar-refractivity contribution in [3.8, 4) is 0 Å². The van der Waals surface area contributed by atoms with Crippen LogP contribution in [0.5, 0.6) is 0 Å². The van der Waals surface area contributed by atoms with Gasteiger partial charge in [-0.3, -0.25) is 13.9 Å². The van der Waals surface area contributed by atoms with E-state index in [2.05, 4.69) is 5.32 Å². The second-order valence-electron chi connectivity index (χ2n) is 6.66. The summed E-state index contributed by atoms with van der Waals surface area (Å²) in [5, 5.41) is 11.6. The first-order valence-electron chi connectivity index (χ1n) is 7.64. The lowest BCUT2D eigenvalue weighted by atomic mass is 9.97. The number of carboxylic acids is 1. The maximum absolute atomic E-state index is 12.4. The number of amides is 1. The number of nitrogens with zero attached hydrogens (tertiary/aromatic N) is 1. The van der Waals surface area contributed by atoms with E-state index in [4.69, 9.17) is 5.11 Å². The molecule has 0 bridgehead atoms. The second-order valence-corrected chi connectivity index (χ2v) is 8.57. The summed E-state index contributed by atoms with van der Waals surface area (Å²) < 4.78 is 24.8. The molecule has 0 radical (unpaired) electrons. The fraction of sp³-hybridized carbons (Fsp3) is 0.500. The van der Waals surface area contributed by atoms with Crippen molar-refractivity contribution >= 4 is 27.6 Å². The molecule has 0 saturated heterocycles. The second kappa shape index (κ2) is 6.43. The zero-order valence-electron chi connectivity index (χ0n) is 14.0. The first-order chi connectivity index (χ1) is 11.0. The normalized spacial score (nSPS) is 14.4. The van der Waals surface area contributed by atoms with E-state index in [-0.39, 0.29) is 12.3 Å². The number of rotatable bonds is 6. The lowest BCUT2D eigenvalue weighted by Gasteiger charge is -2.26. The van der Waals surface area contributed by atoms with Crippen LogP contribution in [0.4, 0.5) is 5.69 Å². The Hall–Kier alpha value is -2.09. The Morgan fingerprint density at radius 2 is 2.00 bits per heavy atom. The minimum absolute atomic E-state index is 0.0270. The van der Waals surface area contributed by atoms with Gasteiger partial charge in [0.1, 0.15) is 0 Å². The van der Waals surface area contributed by atoms with Gasteiger partial charge in [0.05, 0.1) is 11.9 Å². The summed E-state index contributed by atoms with van der Waals surface area (Å²) in [4.78, 5) is 23.1. The van der Waals surface area contributed by atoms with Crippen LogP contribution in [-0.4, -0.2) is 43.7 Å². The molecule has 2 rings (SSSR count). The fourth-order valence-corrected chi connectivity index (χ4v) is 3.68. The summed E-state index contributed by atoms with van der Waals surface area (Å²) in [6, 6.07) is 4.93. The summed E-state index contributed by atoms with van der Waals surface area (Å²) in [6.07, 6.45) is 2.02. The van der Waals surface area contributed by atoms with Crippen LogP contribution in [0, 0.1) is 0 Å². The van der Waals surface area contributed by atoms with Crippen molar-refractivity contribution in [1.29, 1.82) is 0 Å². The van der Waals surface area contributed by atoms with Crippen LogP contribution in [0.15, 0.2) is 18.2 Å². The van der Waals surface area contributed by atoms with Crippen molar-refractivity contribution in [3.63, 3.8) is 0 Å². The minimum Gasteiger partial charge on any atom is -0.481 e. The lowest BCUT2D eigenvalue weighted by molar-refractivity contribution is -0.137. The third-order valence-electron chi connectivity index (χ3n) is 4.01. The third kappa shape index (κ3) is 4.25. The van der Waals surface area contributed by atoms with Gasteiger partial charge in [-0.2, -0.15) is 0 Å². The van der Waals surface area contributed by atoms with Gasteiger partial charge in [0.25, 0.3) is 5.91 Å². The topological polar surface area (TPSA) is 104 Å². The Morgan fingerprint density at radius 3 is 2.58 bits per heavy atom. The van der Waals surface area contributed by atoms with E-state index in [1.165, 1.54) is 4.31 Å². The Labute approximate surface area is 141 Å². The highest BCUT2D eigenvalue weighted by Gasteiger charge is 2.28. The first-order valence-corrected chi connectivity index (χ1v) is 9.49. The number of carbonyl (C=O) groups excluding carboxylic acids is 1. The van der Waals surface area contributed by atoms with Gasteiger partial charge >= 0.3 is 5.97 Å². The van der Waals surface area contributed by atoms with Crippen molar-refractivity contribution in [2.24, 2.45) is 0 Å². The summed E-state index contributed by atoms with van der Waals surface area (Å²) >= 11 is 0. The molecule has 132 valence electrons. The van der Waals surface area contributed by atoms with Crippen LogP contribution in [0.2, 0.25) is 0 Å². The number of aliphatic carboxylic acids is 1. The van der Waals surface area contributed by atoms with Crippen molar-refractivity contribution in [3.05, 3.63) is 29.3 Å². The predicted molar refractivity (Wildman–Crippen MR) is 90.8 cm³/mol. The highest BCUT2D eigenvalue weighted by atomic mass is 32.2. The molecule has 1 aromatic carbocycles. The monoisotopic (exact) mass is 354 g/mol. The van der Waals surface area contributed by atoms with E-state index in [1.54, 1.807) is 32.0 Å². The smallest absolute Gasteiger partial charge is 0.303 e. The van der Waals surface area contributed by atoms with E-state index in [0.29, 0.717) is 30.6 Å².